The van der Waals surface area contributed by atoms with Crippen LogP contribution in [-0.4, -0.2) is 25.4 Å². The predicted molar refractivity (Wildman–Crippen MR) is 43.6 cm³/mol. The molecule has 0 aliphatic carbocycles. The Morgan fingerprint density at radius 2 is 1.46 bits per heavy atom. The van der Waals surface area contributed by atoms with Gasteiger partial charge in [-0.15, -0.1) is 0 Å². The van der Waals surface area contributed by atoms with Gasteiger partial charge in [-0.2, -0.15) is 0 Å². The van der Waals surface area contributed by atoms with Crippen molar-refractivity contribution in [3.8, 4) is 0 Å². The van der Waals surface area contributed by atoms with Gasteiger partial charge in [-0.25, -0.2) is 8.42 Å². The molecule has 0 aliphatic rings. The van der Waals surface area contributed by atoms with Crippen molar-refractivity contribution in [2.24, 2.45) is 0 Å². The number of hydrogen-bond acceptors (Lipinski definition) is 3. The van der Waals surface area contributed by atoms with Gasteiger partial charge in [0.25, 0.3) is 0 Å². The van der Waals surface area contributed by atoms with Crippen LogP contribution in [0.4, 0.5) is 4.39 Å². The normalized spacial score (nSPS) is 10.9. The summed E-state index contributed by atoms with van der Waals surface area (Å²) in [4.78, 5) is 0. The summed E-state index contributed by atoms with van der Waals surface area (Å²) in [6.07, 6.45) is 3.21. The standard InChI is InChI=1S/C7H15FO3S.Li/c8-6-4-2-1-3-5-7-12(9,10)11;/h1-7H2,(H,9,10,11);/q;+1/p-1. The second-order valence-electron chi connectivity index (χ2n) is 2.72. The van der Waals surface area contributed by atoms with Crippen molar-refractivity contribution in [2.45, 2.75) is 32.1 Å². The number of hydrogen-bond donors (Lipinski definition) is 0. The van der Waals surface area contributed by atoms with Crippen LogP contribution in [0.2, 0.25) is 0 Å². The maximum Gasteiger partial charge on any atom is 1.00 e. The summed E-state index contributed by atoms with van der Waals surface area (Å²) in [5.74, 6) is -0.289. The van der Waals surface area contributed by atoms with E-state index in [-0.39, 0.29) is 31.3 Å². The summed E-state index contributed by atoms with van der Waals surface area (Å²) in [6.45, 7) is -0.320. The van der Waals surface area contributed by atoms with Gasteiger partial charge < -0.3 is 4.55 Å². The Morgan fingerprint density at radius 3 is 1.92 bits per heavy atom. The molecule has 0 rings (SSSR count). The zero-order chi connectivity index (χ0) is 9.45. The van der Waals surface area contributed by atoms with E-state index >= 15 is 0 Å². The summed E-state index contributed by atoms with van der Waals surface area (Å²) >= 11 is 0. The minimum atomic E-state index is -4.04. The fourth-order valence-electron chi connectivity index (χ4n) is 0.904. The van der Waals surface area contributed by atoms with Crippen molar-refractivity contribution >= 4 is 10.1 Å². The van der Waals surface area contributed by atoms with E-state index in [4.69, 9.17) is 0 Å². The molecule has 0 amide bonds. The first-order valence-corrected chi connectivity index (χ1v) is 5.63. The van der Waals surface area contributed by atoms with Crippen molar-refractivity contribution < 1.29 is 36.2 Å². The summed E-state index contributed by atoms with van der Waals surface area (Å²) in [5, 5.41) is 0. The Labute approximate surface area is 91.0 Å². The Bertz CT molecular complexity index is 194. The molecular weight excluding hydrogens is 190 g/mol. The van der Waals surface area contributed by atoms with Crippen LogP contribution in [-0.2, 0) is 10.1 Å². The molecule has 0 spiro atoms. The first kappa shape index (κ1) is 15.9. The van der Waals surface area contributed by atoms with Gasteiger partial charge in [-0.1, -0.05) is 19.3 Å². The molecule has 0 fully saturated rings. The van der Waals surface area contributed by atoms with Crippen molar-refractivity contribution in [2.75, 3.05) is 12.4 Å². The molecule has 0 heterocycles. The first-order valence-electron chi connectivity index (χ1n) is 4.06. The van der Waals surface area contributed by atoms with E-state index in [1.54, 1.807) is 0 Å². The molecule has 0 atom stereocenters. The summed E-state index contributed by atoms with van der Waals surface area (Å²) in [5.41, 5.74) is 0. The van der Waals surface area contributed by atoms with Crippen molar-refractivity contribution in [3.63, 3.8) is 0 Å². The minimum absolute atomic E-state index is 0. The zero-order valence-electron chi connectivity index (χ0n) is 7.96. The van der Waals surface area contributed by atoms with Crippen LogP contribution in [0.5, 0.6) is 0 Å². The molecule has 13 heavy (non-hydrogen) atoms. The van der Waals surface area contributed by atoms with Crippen molar-refractivity contribution in [1.29, 1.82) is 0 Å². The van der Waals surface area contributed by atoms with Gasteiger partial charge in [-0.05, 0) is 12.8 Å². The largest absolute Gasteiger partial charge is 1.00 e. The summed E-state index contributed by atoms with van der Waals surface area (Å²) in [6, 6.07) is 0. The van der Waals surface area contributed by atoms with Crippen LogP contribution in [0.3, 0.4) is 0 Å². The fourth-order valence-corrected chi connectivity index (χ4v) is 1.46. The molecule has 6 heteroatoms. The quantitative estimate of drug-likeness (QED) is 0.287. The maximum atomic E-state index is 11.5. The average Bonchev–Trinajstić information content (AvgIpc) is 1.94. The van der Waals surface area contributed by atoms with Gasteiger partial charge in [0.05, 0.1) is 16.8 Å². The van der Waals surface area contributed by atoms with Gasteiger partial charge in [-0.3, -0.25) is 4.39 Å². The Balaban J connectivity index is 0. The molecule has 0 unspecified atom stereocenters. The molecule has 0 saturated carbocycles. The Morgan fingerprint density at radius 1 is 1.00 bits per heavy atom. The number of alkyl halides is 1. The van der Waals surface area contributed by atoms with E-state index in [2.05, 4.69) is 0 Å². The molecule has 0 saturated heterocycles. The molecule has 0 radical (unpaired) electrons. The van der Waals surface area contributed by atoms with Gasteiger partial charge >= 0.3 is 18.9 Å². The van der Waals surface area contributed by atoms with E-state index in [9.17, 15) is 17.4 Å². The molecule has 74 valence electrons. The minimum Gasteiger partial charge on any atom is -0.748 e. The van der Waals surface area contributed by atoms with Gasteiger partial charge in [0.1, 0.15) is 0 Å². The van der Waals surface area contributed by atoms with Crippen LogP contribution in [0, 0.1) is 0 Å². The Kier molecular flexibility index (Phi) is 11.0. The van der Waals surface area contributed by atoms with Gasteiger partial charge in [0, 0.05) is 5.75 Å². The number of rotatable bonds is 7. The van der Waals surface area contributed by atoms with E-state index in [1.165, 1.54) is 0 Å². The van der Waals surface area contributed by atoms with Crippen LogP contribution in [0.15, 0.2) is 0 Å². The van der Waals surface area contributed by atoms with Crippen LogP contribution >= 0.6 is 0 Å². The smallest absolute Gasteiger partial charge is 0.748 e. The Hall–Kier alpha value is 0.437. The summed E-state index contributed by atoms with van der Waals surface area (Å²) < 4.78 is 41.9. The van der Waals surface area contributed by atoms with Gasteiger partial charge in [0.2, 0.25) is 0 Å². The molecular formula is C7H14FLiO3S. The van der Waals surface area contributed by atoms with E-state index in [0.717, 1.165) is 12.8 Å². The molecule has 3 nitrogen and oxygen atoms in total. The molecule has 0 aliphatic heterocycles. The second kappa shape index (κ2) is 9.01. The third-order valence-electron chi connectivity index (χ3n) is 1.53. The fraction of sp³-hybridized carbons (Fsp3) is 1.00. The van der Waals surface area contributed by atoms with Gasteiger partial charge in [0.15, 0.2) is 0 Å². The third kappa shape index (κ3) is 15.2. The maximum absolute atomic E-state index is 11.5. The van der Waals surface area contributed by atoms with Crippen LogP contribution in [0.25, 0.3) is 0 Å². The second-order valence-corrected chi connectivity index (χ2v) is 4.24. The first-order chi connectivity index (χ1) is 5.56. The van der Waals surface area contributed by atoms with E-state index < -0.39 is 10.1 Å². The van der Waals surface area contributed by atoms with Crippen molar-refractivity contribution in [3.05, 3.63) is 0 Å². The van der Waals surface area contributed by atoms with Crippen molar-refractivity contribution in [1.82, 2.24) is 0 Å². The summed E-state index contributed by atoms with van der Waals surface area (Å²) in [7, 11) is -4.04. The average molecular weight is 204 g/mol. The topological polar surface area (TPSA) is 57.2 Å². The van der Waals surface area contributed by atoms with E-state index in [1.807, 2.05) is 0 Å². The van der Waals surface area contributed by atoms with Crippen LogP contribution < -0.4 is 18.9 Å². The zero-order valence-corrected chi connectivity index (χ0v) is 8.78. The number of halogens is 1. The third-order valence-corrected chi connectivity index (χ3v) is 2.32. The molecule has 0 aromatic carbocycles. The molecule has 0 bridgehead atoms. The SMILES string of the molecule is O=S(=O)([O-])CCCCCCCF.[Li+]. The molecule has 0 aromatic rings. The monoisotopic (exact) mass is 204 g/mol. The predicted octanol–water partition coefficient (Wildman–Crippen LogP) is -1.54. The molecule has 0 aromatic heterocycles. The van der Waals surface area contributed by atoms with E-state index in [0.29, 0.717) is 19.3 Å². The number of unbranched alkanes of at least 4 members (excludes halogenated alkanes) is 4. The molecule has 0 N–H and O–H groups in total. The van der Waals surface area contributed by atoms with Crippen LogP contribution in [0.1, 0.15) is 32.1 Å².